The molecule has 0 aromatic heterocycles. The maximum atomic E-state index is 12.3. The topological polar surface area (TPSA) is 132 Å². The average molecular weight is 359 g/mol. The summed E-state index contributed by atoms with van der Waals surface area (Å²) in [7, 11) is 0. The zero-order valence-electron chi connectivity index (χ0n) is 14.6. The molecule has 0 aliphatic heterocycles. The molecule has 3 atom stereocenters. The van der Waals surface area contributed by atoms with Gasteiger partial charge in [0.2, 0.25) is 5.78 Å². The van der Waals surface area contributed by atoms with Crippen molar-refractivity contribution in [3.63, 3.8) is 0 Å². The van der Waals surface area contributed by atoms with Crippen LogP contribution >= 0.6 is 0 Å². The third kappa shape index (κ3) is 8.24. The van der Waals surface area contributed by atoms with Gasteiger partial charge in [0, 0.05) is 12.3 Å². The molecule has 0 spiro atoms. The fourth-order valence-electron chi connectivity index (χ4n) is 2.07. The van der Waals surface area contributed by atoms with Gasteiger partial charge in [0.15, 0.2) is 5.25 Å². The first-order chi connectivity index (χ1) is 11.1. The Bertz CT molecular complexity index is 493. The number of nitrogens with zero attached hydrogens (tertiary/aromatic N) is 2. The van der Waals surface area contributed by atoms with Crippen molar-refractivity contribution in [2.75, 3.05) is 6.26 Å². The molecule has 0 radical (unpaired) electrons. The van der Waals surface area contributed by atoms with Crippen LogP contribution in [0.25, 0.3) is 5.53 Å². The third-order valence-corrected chi connectivity index (χ3v) is 4.53. The van der Waals surface area contributed by atoms with Gasteiger partial charge < -0.3 is 20.1 Å². The van der Waals surface area contributed by atoms with Gasteiger partial charge in [0.1, 0.15) is 6.04 Å². The van der Waals surface area contributed by atoms with Crippen LogP contribution in [-0.2, 0) is 30.3 Å². The first-order valence-corrected chi connectivity index (χ1v) is 9.25. The van der Waals surface area contributed by atoms with Crippen molar-refractivity contribution in [1.82, 2.24) is 5.32 Å². The summed E-state index contributed by atoms with van der Waals surface area (Å²) in [6, 6.07) is -1.04. The van der Waals surface area contributed by atoms with E-state index in [2.05, 4.69) is 10.1 Å². The molecule has 0 aromatic rings. The van der Waals surface area contributed by atoms with Crippen LogP contribution in [0.1, 0.15) is 40.5 Å². The lowest BCUT2D eigenvalue weighted by Crippen LogP contribution is -2.50. The lowest BCUT2D eigenvalue weighted by atomic mass is 10.1. The third-order valence-electron chi connectivity index (χ3n) is 3.06. The molecule has 0 aliphatic rings. The normalized spacial score (nSPS) is 14.5. The van der Waals surface area contributed by atoms with E-state index in [0.29, 0.717) is 0 Å². The zero-order valence-corrected chi connectivity index (χ0v) is 15.5. The summed E-state index contributed by atoms with van der Waals surface area (Å²) in [5.74, 6) is -1.87. The smallest absolute Gasteiger partial charge is 0.328 e. The van der Waals surface area contributed by atoms with E-state index >= 15 is 0 Å². The minimum absolute atomic E-state index is 0.0106. The second kappa shape index (κ2) is 11.0. The number of Topliss-reactive ketones (excluding diaryl/α,β-unsaturated/α-hetero) is 1. The molecule has 1 N–H and O–H groups in total. The van der Waals surface area contributed by atoms with Gasteiger partial charge in [-0.2, -0.15) is 4.79 Å². The molecular weight excluding hydrogens is 334 g/mol. The minimum atomic E-state index is -1.41. The zero-order chi connectivity index (χ0) is 18.9. The Morgan fingerprint density at radius 3 is 2.29 bits per heavy atom. The largest absolute Gasteiger partial charge is 0.616 e. The molecule has 8 nitrogen and oxygen atoms in total. The van der Waals surface area contributed by atoms with Crippen LogP contribution in [0.15, 0.2) is 0 Å². The summed E-state index contributed by atoms with van der Waals surface area (Å²) in [5.41, 5.74) is 8.32. The van der Waals surface area contributed by atoms with Gasteiger partial charge in [-0.15, -0.1) is 0 Å². The van der Waals surface area contributed by atoms with Crippen LogP contribution in [-0.4, -0.2) is 56.9 Å². The number of hydrogen-bond donors (Lipinski definition) is 1. The van der Waals surface area contributed by atoms with E-state index in [1.165, 1.54) is 6.26 Å². The highest BCUT2D eigenvalue weighted by atomic mass is 32.2. The number of rotatable bonds is 10. The van der Waals surface area contributed by atoms with Crippen molar-refractivity contribution in [3.05, 3.63) is 5.53 Å². The number of ether oxygens (including phenoxy) is 1. The van der Waals surface area contributed by atoms with Gasteiger partial charge >= 0.3 is 12.2 Å². The van der Waals surface area contributed by atoms with E-state index in [0.717, 1.165) is 6.21 Å². The number of hydrogen-bond acceptors (Lipinski definition) is 5. The van der Waals surface area contributed by atoms with Crippen LogP contribution in [0, 0.1) is 5.92 Å². The first-order valence-electron chi connectivity index (χ1n) is 7.63. The van der Waals surface area contributed by atoms with E-state index in [9.17, 15) is 18.9 Å². The molecule has 0 heterocycles. The molecule has 24 heavy (non-hydrogen) atoms. The molecular formula is C15H25N3O5S. The second-order valence-corrected chi connectivity index (χ2v) is 7.46. The molecule has 136 valence electrons. The first kappa shape index (κ1) is 22.3. The number of ketones is 1. The van der Waals surface area contributed by atoms with Crippen molar-refractivity contribution in [2.45, 2.75) is 57.9 Å². The maximum absolute atomic E-state index is 12.3. The van der Waals surface area contributed by atoms with E-state index < -0.39 is 40.1 Å². The summed E-state index contributed by atoms with van der Waals surface area (Å²) in [5, 5.41) is 1.75. The van der Waals surface area contributed by atoms with Crippen molar-refractivity contribution >= 4 is 35.1 Å². The van der Waals surface area contributed by atoms with Crippen molar-refractivity contribution in [2.24, 2.45) is 5.92 Å². The molecule has 0 rings (SSSR count). The van der Waals surface area contributed by atoms with Crippen molar-refractivity contribution in [3.8, 4) is 0 Å². The van der Waals surface area contributed by atoms with Crippen LogP contribution in [0.3, 0.4) is 0 Å². The molecule has 9 heteroatoms. The minimum Gasteiger partial charge on any atom is -0.616 e. The van der Waals surface area contributed by atoms with E-state index in [1.807, 2.05) is 0 Å². The van der Waals surface area contributed by atoms with Gasteiger partial charge in [0.25, 0.3) is 5.91 Å². The monoisotopic (exact) mass is 359 g/mol. The number of nitrogens with one attached hydrogen (secondary N) is 1. The van der Waals surface area contributed by atoms with Crippen LogP contribution in [0.4, 0.5) is 0 Å². The molecule has 0 saturated heterocycles. The standard InChI is InChI=1S/C15H25N3O5S/c1-9(2)13(24(5)22)14(20)18-12(15(21)23-10(3)4)7-6-11(19)8-17-16/h8-10,12-13H,6-7H2,1-5H3,(H,18,20)/t12-,13-,24?/m0/s1. The Morgan fingerprint density at radius 2 is 1.88 bits per heavy atom. The predicted octanol–water partition coefficient (Wildman–Crippen LogP) is 0.476. The second-order valence-electron chi connectivity index (χ2n) is 5.96. The molecule has 1 amide bonds. The Balaban J connectivity index is 5.10. The Labute approximate surface area is 145 Å². The van der Waals surface area contributed by atoms with Crippen molar-refractivity contribution in [1.29, 1.82) is 0 Å². The molecule has 1 unspecified atom stereocenters. The predicted molar refractivity (Wildman–Crippen MR) is 89.8 cm³/mol. The SMILES string of the molecule is CC(C)OC(=O)[C@H](CCC(=O)C=[N+]=[N-])NC(=O)[C@H](C(C)C)[S+](C)[O-]. The summed E-state index contributed by atoms with van der Waals surface area (Å²) >= 11 is -1.41. The highest BCUT2D eigenvalue weighted by Gasteiger charge is 2.34. The van der Waals surface area contributed by atoms with E-state index in [4.69, 9.17) is 10.3 Å². The van der Waals surface area contributed by atoms with Crippen LogP contribution in [0.5, 0.6) is 0 Å². The summed E-state index contributed by atoms with van der Waals surface area (Å²) < 4.78 is 16.8. The number of esters is 1. The highest BCUT2D eigenvalue weighted by molar-refractivity contribution is 7.92. The van der Waals surface area contributed by atoms with E-state index in [1.54, 1.807) is 27.7 Å². The molecule has 0 saturated carbocycles. The Hall–Kier alpha value is -1.70. The fraction of sp³-hybridized carbons (Fsp3) is 0.733. The molecule has 0 bridgehead atoms. The maximum Gasteiger partial charge on any atom is 0.328 e. The summed E-state index contributed by atoms with van der Waals surface area (Å²) in [6.45, 7) is 6.85. The lowest BCUT2D eigenvalue weighted by Gasteiger charge is -2.24. The number of carbonyl (C=O) groups is 3. The summed E-state index contributed by atoms with van der Waals surface area (Å²) in [4.78, 5) is 38.5. The van der Waals surface area contributed by atoms with Gasteiger partial charge in [-0.1, -0.05) is 13.8 Å². The van der Waals surface area contributed by atoms with Gasteiger partial charge in [-0.05, 0) is 31.4 Å². The van der Waals surface area contributed by atoms with Gasteiger partial charge in [-0.3, -0.25) is 9.59 Å². The van der Waals surface area contributed by atoms with Crippen LogP contribution in [0.2, 0.25) is 0 Å². The lowest BCUT2D eigenvalue weighted by molar-refractivity contribution is -0.151. The van der Waals surface area contributed by atoms with Gasteiger partial charge in [0.05, 0.1) is 12.4 Å². The number of carbonyl (C=O) groups excluding carboxylic acids is 3. The fourth-order valence-corrected chi connectivity index (χ4v) is 3.21. The summed E-state index contributed by atoms with van der Waals surface area (Å²) in [6.07, 6.45) is 1.65. The molecule has 0 fully saturated rings. The Kier molecular flexibility index (Phi) is 10.2. The molecule has 0 aromatic carbocycles. The van der Waals surface area contributed by atoms with Gasteiger partial charge in [-0.25, -0.2) is 4.79 Å². The average Bonchev–Trinajstić information content (AvgIpc) is 2.41. The quantitative estimate of drug-likeness (QED) is 0.199. The molecule has 0 aliphatic carbocycles. The van der Waals surface area contributed by atoms with Crippen LogP contribution < -0.4 is 5.32 Å². The highest BCUT2D eigenvalue weighted by Crippen LogP contribution is 2.13. The Morgan fingerprint density at radius 1 is 1.29 bits per heavy atom. The number of amides is 1. The van der Waals surface area contributed by atoms with Crippen molar-refractivity contribution < 1.29 is 28.5 Å². The van der Waals surface area contributed by atoms with E-state index in [-0.39, 0.29) is 24.9 Å².